The standard InChI is InChI=1S/C4H3F3O2/c1-2-3(8,9)4(5,6)7/h1,8-9H. The van der Waals surface area contributed by atoms with Gasteiger partial charge in [0.25, 0.3) is 0 Å². The van der Waals surface area contributed by atoms with Crippen LogP contribution in [0.15, 0.2) is 0 Å². The molecule has 2 nitrogen and oxygen atoms in total. The highest BCUT2D eigenvalue weighted by Gasteiger charge is 2.51. The van der Waals surface area contributed by atoms with Crippen molar-refractivity contribution in [1.82, 2.24) is 0 Å². The molecule has 0 radical (unpaired) electrons. The first-order chi connectivity index (χ1) is 3.81. The van der Waals surface area contributed by atoms with Gasteiger partial charge in [-0.1, -0.05) is 0 Å². The maximum absolute atomic E-state index is 11.2. The summed E-state index contributed by atoms with van der Waals surface area (Å²) in [7, 11) is 0. The molecule has 0 aliphatic heterocycles. The van der Waals surface area contributed by atoms with Crippen LogP contribution in [0.2, 0.25) is 0 Å². The lowest BCUT2D eigenvalue weighted by Crippen LogP contribution is -2.43. The summed E-state index contributed by atoms with van der Waals surface area (Å²) in [6.45, 7) is 0. The zero-order chi connectivity index (χ0) is 7.71. The van der Waals surface area contributed by atoms with E-state index in [0.29, 0.717) is 0 Å². The fourth-order valence-corrected chi connectivity index (χ4v) is 0.0818. The van der Waals surface area contributed by atoms with Crippen LogP contribution in [0.4, 0.5) is 13.2 Å². The van der Waals surface area contributed by atoms with E-state index in [4.69, 9.17) is 10.2 Å². The normalized spacial score (nSPS) is 12.9. The fourth-order valence-electron chi connectivity index (χ4n) is 0.0818. The van der Waals surface area contributed by atoms with Gasteiger partial charge in [0.1, 0.15) is 0 Å². The van der Waals surface area contributed by atoms with Crippen LogP contribution in [0.3, 0.4) is 0 Å². The van der Waals surface area contributed by atoms with Crippen molar-refractivity contribution < 1.29 is 23.4 Å². The molecule has 52 valence electrons. The molecule has 0 aromatic carbocycles. The van der Waals surface area contributed by atoms with Crippen molar-refractivity contribution in [2.24, 2.45) is 0 Å². The van der Waals surface area contributed by atoms with Crippen LogP contribution in [-0.4, -0.2) is 22.2 Å². The van der Waals surface area contributed by atoms with Crippen LogP contribution in [0.1, 0.15) is 0 Å². The van der Waals surface area contributed by atoms with Crippen LogP contribution in [-0.2, 0) is 0 Å². The van der Waals surface area contributed by atoms with Crippen molar-refractivity contribution in [3.8, 4) is 12.3 Å². The molecule has 0 unspecified atom stereocenters. The van der Waals surface area contributed by atoms with E-state index in [1.165, 1.54) is 0 Å². The summed E-state index contributed by atoms with van der Waals surface area (Å²) in [4.78, 5) is 0. The number of rotatable bonds is 0. The van der Waals surface area contributed by atoms with Crippen LogP contribution < -0.4 is 0 Å². The Morgan fingerprint density at radius 2 is 1.56 bits per heavy atom. The molecule has 5 heteroatoms. The molecule has 0 aliphatic carbocycles. The number of terminal acetylenes is 1. The second-order valence-electron chi connectivity index (χ2n) is 1.31. The minimum atomic E-state index is -5.18. The molecule has 2 N–H and O–H groups in total. The van der Waals surface area contributed by atoms with E-state index in [1.807, 2.05) is 0 Å². The highest BCUT2D eigenvalue weighted by Crippen LogP contribution is 2.26. The summed E-state index contributed by atoms with van der Waals surface area (Å²) >= 11 is 0. The van der Waals surface area contributed by atoms with Crippen LogP contribution in [0.5, 0.6) is 0 Å². The molecule has 0 aromatic heterocycles. The third-order valence-electron chi connectivity index (χ3n) is 0.597. The maximum Gasteiger partial charge on any atom is 0.456 e. The lowest BCUT2D eigenvalue weighted by molar-refractivity contribution is -0.318. The van der Waals surface area contributed by atoms with Crippen molar-refractivity contribution in [2.45, 2.75) is 12.0 Å². The zero-order valence-corrected chi connectivity index (χ0v) is 4.11. The van der Waals surface area contributed by atoms with Gasteiger partial charge in [0, 0.05) is 0 Å². The lowest BCUT2D eigenvalue weighted by Gasteiger charge is -2.17. The Labute approximate surface area is 48.9 Å². The van der Waals surface area contributed by atoms with E-state index in [9.17, 15) is 13.2 Å². The largest absolute Gasteiger partial charge is 0.456 e. The summed E-state index contributed by atoms with van der Waals surface area (Å²) in [5.41, 5.74) is 0. The Kier molecular flexibility index (Phi) is 1.74. The van der Waals surface area contributed by atoms with Gasteiger partial charge in [0.15, 0.2) is 0 Å². The molecule has 0 heterocycles. The van der Waals surface area contributed by atoms with E-state index >= 15 is 0 Å². The molecule has 0 rings (SSSR count). The summed E-state index contributed by atoms with van der Waals surface area (Å²) in [6.07, 6.45) is -1.06. The van der Waals surface area contributed by atoms with Crippen molar-refractivity contribution in [2.75, 3.05) is 0 Å². The first-order valence-corrected chi connectivity index (χ1v) is 1.80. The van der Waals surface area contributed by atoms with Crippen molar-refractivity contribution in [3.63, 3.8) is 0 Å². The number of hydrogen-bond acceptors (Lipinski definition) is 2. The Hall–Kier alpha value is -0.730. The average Bonchev–Trinajstić information content (AvgIpc) is 1.64. The second-order valence-corrected chi connectivity index (χ2v) is 1.31. The van der Waals surface area contributed by atoms with Crippen molar-refractivity contribution >= 4 is 0 Å². The maximum atomic E-state index is 11.2. The molecule has 0 aromatic rings. The third-order valence-corrected chi connectivity index (χ3v) is 0.597. The van der Waals surface area contributed by atoms with E-state index < -0.39 is 12.0 Å². The molecule has 0 bridgehead atoms. The Morgan fingerprint density at radius 3 is 1.56 bits per heavy atom. The van der Waals surface area contributed by atoms with Crippen LogP contribution in [0.25, 0.3) is 0 Å². The van der Waals surface area contributed by atoms with E-state index in [1.54, 1.807) is 0 Å². The van der Waals surface area contributed by atoms with Gasteiger partial charge in [-0.25, -0.2) is 0 Å². The van der Waals surface area contributed by atoms with Crippen molar-refractivity contribution in [3.05, 3.63) is 0 Å². The molecule has 0 aliphatic rings. The van der Waals surface area contributed by atoms with Crippen LogP contribution in [0, 0.1) is 12.3 Å². The first-order valence-electron chi connectivity index (χ1n) is 1.80. The Balaban J connectivity index is 4.39. The highest BCUT2D eigenvalue weighted by atomic mass is 19.4. The molecule has 0 saturated heterocycles. The predicted molar refractivity (Wildman–Crippen MR) is 22.1 cm³/mol. The highest BCUT2D eigenvalue weighted by molar-refractivity contribution is 5.03. The number of hydrogen-bond donors (Lipinski definition) is 2. The molecular formula is C4H3F3O2. The summed E-state index contributed by atoms with van der Waals surface area (Å²) < 4.78 is 33.6. The number of halogens is 3. The van der Waals surface area contributed by atoms with Gasteiger partial charge < -0.3 is 10.2 Å². The zero-order valence-electron chi connectivity index (χ0n) is 4.11. The third kappa shape index (κ3) is 1.59. The van der Waals surface area contributed by atoms with Gasteiger partial charge in [-0.2, -0.15) is 13.2 Å². The molecule has 9 heavy (non-hydrogen) atoms. The number of alkyl halides is 3. The predicted octanol–water partition coefficient (Wildman–Crippen LogP) is -0.137. The van der Waals surface area contributed by atoms with Crippen molar-refractivity contribution in [1.29, 1.82) is 0 Å². The first kappa shape index (κ1) is 8.27. The Morgan fingerprint density at radius 1 is 1.22 bits per heavy atom. The van der Waals surface area contributed by atoms with Gasteiger partial charge in [0.05, 0.1) is 0 Å². The molecule has 0 atom stereocenters. The number of aliphatic hydroxyl groups is 2. The monoisotopic (exact) mass is 140 g/mol. The van der Waals surface area contributed by atoms with Gasteiger partial charge >= 0.3 is 12.0 Å². The van der Waals surface area contributed by atoms with Crippen LogP contribution >= 0.6 is 0 Å². The molecular weight excluding hydrogens is 137 g/mol. The SMILES string of the molecule is C#CC(O)(O)C(F)(F)F. The molecule has 0 spiro atoms. The summed E-state index contributed by atoms with van der Waals surface area (Å²) in [6, 6.07) is 0. The fraction of sp³-hybridized carbons (Fsp3) is 0.500. The molecule has 0 fully saturated rings. The van der Waals surface area contributed by atoms with E-state index in [0.717, 1.165) is 5.92 Å². The van der Waals surface area contributed by atoms with Gasteiger partial charge in [-0.05, 0) is 5.92 Å². The summed E-state index contributed by atoms with van der Waals surface area (Å²) in [5.74, 6) is -3.23. The second kappa shape index (κ2) is 1.90. The minimum Gasteiger partial charge on any atom is -0.349 e. The smallest absolute Gasteiger partial charge is 0.349 e. The van der Waals surface area contributed by atoms with Gasteiger partial charge in [-0.3, -0.25) is 0 Å². The average molecular weight is 140 g/mol. The molecule has 0 saturated carbocycles. The van der Waals surface area contributed by atoms with Gasteiger partial charge in [-0.15, -0.1) is 6.42 Å². The minimum absolute atomic E-state index is 0.767. The molecule has 0 amide bonds. The lowest BCUT2D eigenvalue weighted by atomic mass is 10.3. The summed E-state index contributed by atoms with van der Waals surface area (Å²) in [5, 5.41) is 15.7. The van der Waals surface area contributed by atoms with Gasteiger partial charge in [0.2, 0.25) is 0 Å². The topological polar surface area (TPSA) is 40.5 Å². The van der Waals surface area contributed by atoms with E-state index in [2.05, 4.69) is 6.42 Å². The quantitative estimate of drug-likeness (QED) is 0.363. The Bertz CT molecular complexity index is 141. The van der Waals surface area contributed by atoms with E-state index in [-0.39, 0.29) is 0 Å².